The van der Waals surface area contributed by atoms with E-state index in [1.807, 2.05) is 41.3 Å². The lowest BCUT2D eigenvalue weighted by atomic mass is 9.88. The molecule has 0 spiro atoms. The molecule has 2 aromatic carbocycles. The molecule has 0 N–H and O–H groups in total. The maximum absolute atomic E-state index is 13.0. The van der Waals surface area contributed by atoms with Gasteiger partial charge in [-0.15, -0.1) is 0 Å². The molecule has 5 heteroatoms. The Hall–Kier alpha value is -2.53. The van der Waals surface area contributed by atoms with Gasteiger partial charge in [-0.25, -0.2) is 0 Å². The molecule has 0 bridgehead atoms. The van der Waals surface area contributed by atoms with Gasteiger partial charge in [0.1, 0.15) is 0 Å². The van der Waals surface area contributed by atoms with Crippen LogP contribution < -0.4 is 9.47 Å². The van der Waals surface area contributed by atoms with Crippen molar-refractivity contribution in [3.8, 4) is 11.5 Å². The lowest BCUT2D eigenvalue weighted by Crippen LogP contribution is -2.34. The molecule has 2 aliphatic rings. The number of rotatable bonds is 4. The first kappa shape index (κ1) is 16.9. The maximum Gasteiger partial charge on any atom is 0.231 e. The molecular weight excluding hydrogens is 330 g/mol. The lowest BCUT2D eigenvalue weighted by Gasteiger charge is -2.24. The first-order chi connectivity index (χ1) is 12.8. The van der Waals surface area contributed by atoms with Gasteiger partial charge < -0.3 is 19.1 Å². The fourth-order valence-electron chi connectivity index (χ4n) is 3.54. The van der Waals surface area contributed by atoms with Crippen LogP contribution in [0.15, 0.2) is 48.5 Å². The topological polar surface area (TPSA) is 48.0 Å². The van der Waals surface area contributed by atoms with E-state index in [2.05, 4.69) is 12.1 Å². The summed E-state index contributed by atoms with van der Waals surface area (Å²) in [5.41, 5.74) is 2.20. The van der Waals surface area contributed by atoms with E-state index in [0.29, 0.717) is 19.6 Å². The van der Waals surface area contributed by atoms with Gasteiger partial charge in [-0.05, 0) is 29.7 Å². The Morgan fingerprint density at radius 2 is 1.81 bits per heavy atom. The third kappa shape index (κ3) is 3.68. The fraction of sp³-hybridized carbons (Fsp3) is 0.381. The van der Waals surface area contributed by atoms with Gasteiger partial charge in [-0.3, -0.25) is 4.79 Å². The average Bonchev–Trinajstić information content (AvgIpc) is 2.98. The number of fused-ring (bicyclic) bond motifs is 1. The van der Waals surface area contributed by atoms with Crippen molar-refractivity contribution >= 4 is 5.91 Å². The van der Waals surface area contributed by atoms with E-state index in [1.54, 1.807) is 0 Å². The Kier molecular flexibility index (Phi) is 5.07. The van der Waals surface area contributed by atoms with Gasteiger partial charge in [0.2, 0.25) is 12.7 Å². The molecule has 4 rings (SSSR count). The van der Waals surface area contributed by atoms with Crippen LogP contribution in [-0.2, 0) is 9.53 Å². The molecule has 5 nitrogen and oxygen atoms in total. The van der Waals surface area contributed by atoms with E-state index in [-0.39, 0.29) is 18.6 Å². The number of hydrogen-bond donors (Lipinski definition) is 0. The zero-order chi connectivity index (χ0) is 17.8. The highest BCUT2D eigenvalue weighted by Gasteiger charge is 2.24. The second kappa shape index (κ2) is 7.79. The largest absolute Gasteiger partial charge is 0.454 e. The number of carbonyl (C=O) groups is 1. The van der Waals surface area contributed by atoms with E-state index in [1.165, 1.54) is 0 Å². The number of ether oxygens (including phenoxy) is 3. The first-order valence-corrected chi connectivity index (χ1v) is 9.11. The van der Waals surface area contributed by atoms with Crippen molar-refractivity contribution in [1.29, 1.82) is 0 Å². The molecule has 0 saturated carbocycles. The SMILES string of the molecule is O=C(CC(c1ccccc1)c1ccc2c(c1)OCO2)N1CCCOCC1. The molecule has 1 saturated heterocycles. The van der Waals surface area contributed by atoms with Crippen LogP contribution in [0.1, 0.15) is 29.9 Å². The minimum Gasteiger partial charge on any atom is -0.454 e. The normalized spacial score (nSPS) is 17.6. The molecule has 0 aromatic heterocycles. The molecular formula is C21H23NO4. The fourth-order valence-corrected chi connectivity index (χ4v) is 3.54. The van der Waals surface area contributed by atoms with E-state index >= 15 is 0 Å². The molecule has 0 radical (unpaired) electrons. The molecule has 2 aromatic rings. The summed E-state index contributed by atoms with van der Waals surface area (Å²) < 4.78 is 16.4. The van der Waals surface area contributed by atoms with Crippen LogP contribution in [0.3, 0.4) is 0 Å². The van der Waals surface area contributed by atoms with E-state index in [4.69, 9.17) is 14.2 Å². The van der Waals surface area contributed by atoms with Crippen LogP contribution in [0.2, 0.25) is 0 Å². The van der Waals surface area contributed by atoms with Crippen LogP contribution >= 0.6 is 0 Å². The molecule has 0 aliphatic carbocycles. The predicted molar refractivity (Wildman–Crippen MR) is 97.5 cm³/mol. The summed E-state index contributed by atoms with van der Waals surface area (Å²) in [7, 11) is 0. The summed E-state index contributed by atoms with van der Waals surface area (Å²) in [5.74, 6) is 1.67. The van der Waals surface area contributed by atoms with Crippen LogP contribution in [-0.4, -0.2) is 43.9 Å². The minimum atomic E-state index is -0.0117. The Bertz CT molecular complexity index is 754. The third-order valence-corrected chi connectivity index (χ3v) is 4.95. The standard InChI is InChI=1S/C21H23NO4/c23-21(22-9-4-11-24-12-10-22)14-18(16-5-2-1-3-6-16)17-7-8-19-20(13-17)26-15-25-19/h1-3,5-8,13,18H,4,9-12,14-15H2. The molecule has 1 atom stereocenters. The van der Waals surface area contributed by atoms with Gasteiger partial charge in [0.15, 0.2) is 11.5 Å². The van der Waals surface area contributed by atoms with Crippen LogP contribution in [0, 0.1) is 0 Å². The molecule has 2 heterocycles. The van der Waals surface area contributed by atoms with Crippen molar-refractivity contribution in [3.05, 3.63) is 59.7 Å². The van der Waals surface area contributed by atoms with E-state index in [9.17, 15) is 4.79 Å². The van der Waals surface area contributed by atoms with E-state index in [0.717, 1.165) is 42.2 Å². The van der Waals surface area contributed by atoms with E-state index < -0.39 is 0 Å². The zero-order valence-corrected chi connectivity index (χ0v) is 14.7. The van der Waals surface area contributed by atoms with Crippen molar-refractivity contribution in [2.75, 3.05) is 33.1 Å². The molecule has 2 aliphatic heterocycles. The smallest absolute Gasteiger partial charge is 0.231 e. The van der Waals surface area contributed by atoms with Gasteiger partial charge in [0, 0.05) is 32.0 Å². The Morgan fingerprint density at radius 1 is 0.962 bits per heavy atom. The highest BCUT2D eigenvalue weighted by molar-refractivity contribution is 5.78. The molecule has 1 amide bonds. The summed E-state index contributed by atoms with van der Waals surface area (Å²) in [6.07, 6.45) is 1.33. The number of carbonyl (C=O) groups excluding carboxylic acids is 1. The molecule has 136 valence electrons. The minimum absolute atomic E-state index is 0.0117. The number of hydrogen-bond acceptors (Lipinski definition) is 4. The highest BCUT2D eigenvalue weighted by atomic mass is 16.7. The number of benzene rings is 2. The molecule has 1 unspecified atom stereocenters. The second-order valence-corrected chi connectivity index (χ2v) is 6.63. The number of amides is 1. The molecule has 26 heavy (non-hydrogen) atoms. The predicted octanol–water partition coefficient (Wildman–Crippen LogP) is 3.19. The first-order valence-electron chi connectivity index (χ1n) is 9.11. The lowest BCUT2D eigenvalue weighted by molar-refractivity contribution is -0.131. The van der Waals surface area contributed by atoms with Gasteiger partial charge in [-0.2, -0.15) is 0 Å². The van der Waals surface area contributed by atoms with Crippen molar-refractivity contribution in [2.24, 2.45) is 0 Å². The highest BCUT2D eigenvalue weighted by Crippen LogP contribution is 2.37. The maximum atomic E-state index is 13.0. The van der Waals surface area contributed by atoms with Crippen molar-refractivity contribution in [3.63, 3.8) is 0 Å². The van der Waals surface area contributed by atoms with Gasteiger partial charge in [-0.1, -0.05) is 36.4 Å². The summed E-state index contributed by atoms with van der Waals surface area (Å²) >= 11 is 0. The average molecular weight is 353 g/mol. The van der Waals surface area contributed by atoms with Crippen molar-refractivity contribution in [2.45, 2.75) is 18.8 Å². The van der Waals surface area contributed by atoms with Crippen molar-refractivity contribution < 1.29 is 19.0 Å². The summed E-state index contributed by atoms with van der Waals surface area (Å²) in [6, 6.07) is 16.1. The van der Waals surface area contributed by atoms with Gasteiger partial charge in [0.25, 0.3) is 0 Å². The summed E-state index contributed by atoms with van der Waals surface area (Å²) in [4.78, 5) is 14.9. The Balaban J connectivity index is 1.60. The number of nitrogens with zero attached hydrogens (tertiary/aromatic N) is 1. The quantitative estimate of drug-likeness (QED) is 0.847. The summed E-state index contributed by atoms with van der Waals surface area (Å²) in [6.45, 7) is 3.03. The van der Waals surface area contributed by atoms with Crippen LogP contribution in [0.5, 0.6) is 11.5 Å². The third-order valence-electron chi connectivity index (χ3n) is 4.95. The zero-order valence-electron chi connectivity index (χ0n) is 14.7. The second-order valence-electron chi connectivity index (χ2n) is 6.63. The Morgan fingerprint density at radius 3 is 2.69 bits per heavy atom. The molecule has 1 fully saturated rings. The monoisotopic (exact) mass is 353 g/mol. The van der Waals surface area contributed by atoms with Gasteiger partial charge >= 0.3 is 0 Å². The summed E-state index contributed by atoms with van der Waals surface area (Å²) in [5, 5.41) is 0. The van der Waals surface area contributed by atoms with Crippen molar-refractivity contribution in [1.82, 2.24) is 4.90 Å². The Labute approximate surface area is 153 Å². The van der Waals surface area contributed by atoms with Crippen LogP contribution in [0.25, 0.3) is 0 Å². The van der Waals surface area contributed by atoms with Gasteiger partial charge in [0.05, 0.1) is 6.61 Å². The van der Waals surface area contributed by atoms with Crippen LogP contribution in [0.4, 0.5) is 0 Å².